The van der Waals surface area contributed by atoms with E-state index in [1.54, 1.807) is 48.5 Å². The largest absolute Gasteiger partial charge is 0.494 e. The molecule has 1 heterocycles. The summed E-state index contributed by atoms with van der Waals surface area (Å²) in [6, 6.07) is 13.8. The highest BCUT2D eigenvalue weighted by molar-refractivity contribution is 8.15. The van der Waals surface area contributed by atoms with E-state index in [4.69, 9.17) is 4.74 Å². The first kappa shape index (κ1) is 19.8. The molecule has 1 N–H and O–H groups in total. The van der Waals surface area contributed by atoms with E-state index >= 15 is 0 Å². The molecule has 3 rings (SSSR count). The fourth-order valence-corrected chi connectivity index (χ4v) is 3.60. The molecular weight excluding hydrogens is 380 g/mol. The van der Waals surface area contributed by atoms with Gasteiger partial charge in [0.2, 0.25) is 0 Å². The standard InChI is InChI=1S/C20H20N2O5S/c1-3-27-16-10-8-15(9-11-16)21-17-18(23)22(20(25)28-17)12-13-4-6-14(7-5-13)19(24)26-2/h4-11,17,21H,3,12H2,1-2H3/t17-/m1/s1. The maximum atomic E-state index is 12.6. The van der Waals surface area contributed by atoms with Crippen LogP contribution in [0.1, 0.15) is 22.8 Å². The number of thioether (sulfide) groups is 1. The number of nitrogens with one attached hydrogen (secondary N) is 1. The highest BCUT2D eigenvalue weighted by atomic mass is 32.2. The van der Waals surface area contributed by atoms with E-state index in [9.17, 15) is 14.4 Å². The summed E-state index contributed by atoms with van der Waals surface area (Å²) >= 11 is 0.943. The van der Waals surface area contributed by atoms with Gasteiger partial charge in [0, 0.05) is 5.69 Å². The van der Waals surface area contributed by atoms with Crippen molar-refractivity contribution in [1.29, 1.82) is 0 Å². The monoisotopic (exact) mass is 400 g/mol. The average molecular weight is 400 g/mol. The predicted octanol–water partition coefficient (Wildman–Crippen LogP) is 3.51. The van der Waals surface area contributed by atoms with Gasteiger partial charge in [-0.2, -0.15) is 0 Å². The Morgan fingerprint density at radius 2 is 1.79 bits per heavy atom. The van der Waals surface area contributed by atoms with Crippen molar-refractivity contribution in [3.8, 4) is 5.75 Å². The number of anilines is 1. The molecular formula is C20H20N2O5S. The van der Waals surface area contributed by atoms with Crippen LogP contribution in [0.3, 0.4) is 0 Å². The number of esters is 1. The Morgan fingerprint density at radius 3 is 2.39 bits per heavy atom. The highest BCUT2D eigenvalue weighted by Crippen LogP contribution is 2.30. The van der Waals surface area contributed by atoms with Crippen LogP contribution in [0.25, 0.3) is 0 Å². The molecule has 2 amide bonds. The molecule has 8 heteroatoms. The van der Waals surface area contributed by atoms with Gasteiger partial charge in [-0.3, -0.25) is 14.5 Å². The normalized spacial score (nSPS) is 16.2. The van der Waals surface area contributed by atoms with E-state index in [0.717, 1.165) is 28.8 Å². The summed E-state index contributed by atoms with van der Waals surface area (Å²) < 4.78 is 10.0. The number of rotatable bonds is 7. The molecule has 0 bridgehead atoms. The van der Waals surface area contributed by atoms with Gasteiger partial charge in [-0.1, -0.05) is 12.1 Å². The molecule has 0 aliphatic carbocycles. The van der Waals surface area contributed by atoms with Gasteiger partial charge in [-0.15, -0.1) is 0 Å². The zero-order valence-electron chi connectivity index (χ0n) is 15.5. The molecule has 1 saturated heterocycles. The van der Waals surface area contributed by atoms with Crippen molar-refractivity contribution in [3.63, 3.8) is 0 Å². The SMILES string of the molecule is CCOc1ccc(N[C@@H]2SC(=O)N(Cc3ccc(C(=O)OC)cc3)C2=O)cc1. The van der Waals surface area contributed by atoms with Crippen LogP contribution in [0, 0.1) is 0 Å². The highest BCUT2D eigenvalue weighted by Gasteiger charge is 2.39. The third-order valence-electron chi connectivity index (χ3n) is 4.11. The molecule has 0 radical (unpaired) electrons. The number of ether oxygens (including phenoxy) is 2. The molecule has 0 unspecified atom stereocenters. The molecule has 0 aromatic heterocycles. The quantitative estimate of drug-likeness (QED) is 0.712. The van der Waals surface area contributed by atoms with Gasteiger partial charge in [-0.05, 0) is 60.6 Å². The third-order valence-corrected chi connectivity index (χ3v) is 5.09. The zero-order chi connectivity index (χ0) is 20.1. The fourth-order valence-electron chi connectivity index (χ4n) is 2.69. The van der Waals surface area contributed by atoms with Crippen molar-refractivity contribution < 1.29 is 23.9 Å². The number of methoxy groups -OCH3 is 1. The average Bonchev–Trinajstić information content (AvgIpc) is 2.97. The summed E-state index contributed by atoms with van der Waals surface area (Å²) in [7, 11) is 1.31. The molecule has 1 atom stereocenters. The number of hydrogen-bond donors (Lipinski definition) is 1. The molecule has 146 valence electrons. The second-order valence-corrected chi connectivity index (χ2v) is 7.03. The van der Waals surface area contributed by atoms with E-state index in [2.05, 4.69) is 10.1 Å². The van der Waals surface area contributed by atoms with Crippen molar-refractivity contribution in [2.24, 2.45) is 0 Å². The smallest absolute Gasteiger partial charge is 0.337 e. The van der Waals surface area contributed by atoms with Crippen LogP contribution in [-0.2, 0) is 16.1 Å². The second kappa shape index (κ2) is 8.79. The van der Waals surface area contributed by atoms with Gasteiger partial charge >= 0.3 is 5.97 Å². The van der Waals surface area contributed by atoms with Crippen molar-refractivity contribution in [1.82, 2.24) is 4.90 Å². The number of nitrogens with zero attached hydrogens (tertiary/aromatic N) is 1. The van der Waals surface area contributed by atoms with Gasteiger partial charge in [0.25, 0.3) is 11.1 Å². The van der Waals surface area contributed by atoms with Crippen molar-refractivity contribution in [2.75, 3.05) is 19.0 Å². The minimum Gasteiger partial charge on any atom is -0.494 e. The van der Waals surface area contributed by atoms with Crippen molar-refractivity contribution >= 4 is 34.6 Å². The summed E-state index contributed by atoms with van der Waals surface area (Å²) in [5.41, 5.74) is 1.89. The molecule has 2 aromatic carbocycles. The number of amides is 2. The van der Waals surface area contributed by atoms with E-state index in [1.165, 1.54) is 12.0 Å². The van der Waals surface area contributed by atoms with Crippen LogP contribution in [0.5, 0.6) is 5.75 Å². The summed E-state index contributed by atoms with van der Waals surface area (Å²) in [5.74, 6) is 0.00235. The zero-order valence-corrected chi connectivity index (χ0v) is 16.3. The fraction of sp³-hybridized carbons (Fsp3) is 0.250. The van der Waals surface area contributed by atoms with E-state index < -0.39 is 11.3 Å². The summed E-state index contributed by atoms with van der Waals surface area (Å²) in [6.45, 7) is 2.63. The van der Waals surface area contributed by atoms with Crippen molar-refractivity contribution in [2.45, 2.75) is 18.8 Å². The van der Waals surface area contributed by atoms with Crippen LogP contribution in [0.4, 0.5) is 10.5 Å². The number of carbonyl (C=O) groups excluding carboxylic acids is 3. The molecule has 7 nitrogen and oxygen atoms in total. The summed E-state index contributed by atoms with van der Waals surface area (Å²) in [4.78, 5) is 37.6. The minimum absolute atomic E-state index is 0.146. The van der Waals surface area contributed by atoms with Crippen LogP contribution in [-0.4, -0.2) is 41.1 Å². The number of benzene rings is 2. The Morgan fingerprint density at radius 1 is 1.11 bits per heavy atom. The van der Waals surface area contributed by atoms with Crippen LogP contribution in [0.2, 0.25) is 0 Å². The van der Waals surface area contributed by atoms with Gasteiger partial charge < -0.3 is 14.8 Å². The van der Waals surface area contributed by atoms with Gasteiger partial charge in [-0.25, -0.2) is 4.79 Å². The topological polar surface area (TPSA) is 84.9 Å². The van der Waals surface area contributed by atoms with Crippen LogP contribution in [0.15, 0.2) is 48.5 Å². The lowest BCUT2D eigenvalue weighted by Crippen LogP contribution is -2.33. The Balaban J connectivity index is 1.63. The van der Waals surface area contributed by atoms with E-state index in [1.807, 2.05) is 6.92 Å². The number of carbonyl (C=O) groups is 3. The maximum absolute atomic E-state index is 12.6. The van der Waals surface area contributed by atoms with Crippen LogP contribution < -0.4 is 10.1 Å². The van der Waals surface area contributed by atoms with Crippen LogP contribution >= 0.6 is 11.8 Å². The lowest BCUT2D eigenvalue weighted by atomic mass is 10.1. The minimum atomic E-state index is -0.681. The van der Waals surface area contributed by atoms with Crippen molar-refractivity contribution in [3.05, 3.63) is 59.7 Å². The number of hydrogen-bond acceptors (Lipinski definition) is 7. The summed E-state index contributed by atoms with van der Waals surface area (Å²) in [5, 5.41) is 2.08. The first-order valence-corrected chi connectivity index (χ1v) is 9.58. The Labute approximate surface area is 167 Å². The lowest BCUT2D eigenvalue weighted by molar-refractivity contribution is -0.126. The molecule has 0 saturated carbocycles. The molecule has 28 heavy (non-hydrogen) atoms. The van der Waals surface area contributed by atoms with Gasteiger partial charge in [0.15, 0.2) is 5.37 Å². The Bertz CT molecular complexity index is 867. The number of imide groups is 1. The van der Waals surface area contributed by atoms with E-state index in [-0.39, 0.29) is 17.7 Å². The molecule has 2 aromatic rings. The van der Waals surface area contributed by atoms with Gasteiger partial charge in [0.1, 0.15) is 5.75 Å². The molecule has 1 aliphatic heterocycles. The first-order valence-electron chi connectivity index (χ1n) is 8.70. The molecule has 1 aliphatic rings. The van der Waals surface area contributed by atoms with Gasteiger partial charge in [0.05, 0.1) is 25.8 Å². The lowest BCUT2D eigenvalue weighted by Gasteiger charge is -2.15. The Hall–Kier alpha value is -3.00. The van der Waals surface area contributed by atoms with E-state index in [0.29, 0.717) is 12.2 Å². The molecule has 1 fully saturated rings. The third kappa shape index (κ3) is 4.45. The Kier molecular flexibility index (Phi) is 6.20. The second-order valence-electron chi connectivity index (χ2n) is 5.98. The maximum Gasteiger partial charge on any atom is 0.337 e. The summed E-state index contributed by atoms with van der Waals surface area (Å²) in [6.07, 6.45) is 0. The predicted molar refractivity (Wildman–Crippen MR) is 106 cm³/mol. The molecule has 0 spiro atoms. The first-order chi connectivity index (χ1) is 13.5.